The fraction of sp³-hybridized carbons (Fsp3) is 0.0769. The van der Waals surface area contributed by atoms with Gasteiger partial charge in [-0.1, -0.05) is 42.5 Å². The van der Waals surface area contributed by atoms with E-state index >= 15 is 0 Å². The highest BCUT2D eigenvalue weighted by Gasteiger charge is 2.05. The Morgan fingerprint density at radius 2 is 1.44 bits per heavy atom. The van der Waals surface area contributed by atoms with Crippen LogP contribution in [-0.4, -0.2) is 15.5 Å². The molecular formula is C13H13BOP. The molecule has 3 heteroatoms. The Morgan fingerprint density at radius 3 is 2.06 bits per heavy atom. The predicted molar refractivity (Wildman–Crippen MR) is 73.5 cm³/mol. The number of para-hydroxylation sites is 1. The summed E-state index contributed by atoms with van der Waals surface area (Å²) in [7, 11) is 4.45. The SMILES string of the molecule is COc1ccccc1-c1ccccc1P.[B]. The van der Waals surface area contributed by atoms with Crippen LogP contribution in [0, 0.1) is 0 Å². The lowest BCUT2D eigenvalue weighted by Crippen LogP contribution is -1.97. The van der Waals surface area contributed by atoms with Crippen LogP contribution in [0.1, 0.15) is 0 Å². The summed E-state index contributed by atoms with van der Waals surface area (Å²) in [5.41, 5.74) is 2.32. The highest BCUT2D eigenvalue weighted by molar-refractivity contribution is 7.28. The Morgan fingerprint density at radius 1 is 0.875 bits per heavy atom. The van der Waals surface area contributed by atoms with Gasteiger partial charge in [-0.05, 0) is 16.9 Å². The van der Waals surface area contributed by atoms with Crippen molar-refractivity contribution in [1.29, 1.82) is 0 Å². The maximum absolute atomic E-state index is 5.35. The first-order valence-corrected chi connectivity index (χ1v) is 5.38. The van der Waals surface area contributed by atoms with Crippen molar-refractivity contribution in [1.82, 2.24) is 0 Å². The van der Waals surface area contributed by atoms with E-state index in [1.165, 1.54) is 10.9 Å². The van der Waals surface area contributed by atoms with E-state index in [1.54, 1.807) is 7.11 Å². The van der Waals surface area contributed by atoms with Gasteiger partial charge in [0.05, 0.1) is 7.11 Å². The van der Waals surface area contributed by atoms with Crippen LogP contribution in [0.5, 0.6) is 5.75 Å². The molecule has 0 aliphatic carbocycles. The van der Waals surface area contributed by atoms with Crippen molar-refractivity contribution >= 4 is 23.0 Å². The van der Waals surface area contributed by atoms with Gasteiger partial charge in [-0.15, -0.1) is 9.24 Å². The summed E-state index contributed by atoms with van der Waals surface area (Å²) < 4.78 is 5.35. The Balaban J connectivity index is 0.00000128. The van der Waals surface area contributed by atoms with Crippen LogP contribution >= 0.6 is 9.24 Å². The molecule has 1 atom stereocenters. The summed E-state index contributed by atoms with van der Waals surface area (Å²) in [6.45, 7) is 0. The van der Waals surface area contributed by atoms with Crippen molar-refractivity contribution in [3.63, 3.8) is 0 Å². The van der Waals surface area contributed by atoms with Gasteiger partial charge in [0.2, 0.25) is 0 Å². The molecule has 3 radical (unpaired) electrons. The molecule has 1 nitrogen and oxygen atoms in total. The van der Waals surface area contributed by atoms with Gasteiger partial charge in [-0.3, -0.25) is 0 Å². The number of methoxy groups -OCH3 is 1. The topological polar surface area (TPSA) is 9.23 Å². The second-order valence-corrected chi connectivity index (χ2v) is 3.91. The molecule has 2 rings (SSSR count). The molecule has 2 aromatic rings. The van der Waals surface area contributed by atoms with Crippen molar-refractivity contribution < 1.29 is 4.74 Å². The number of rotatable bonds is 2. The molecule has 0 amide bonds. The van der Waals surface area contributed by atoms with E-state index in [2.05, 4.69) is 27.4 Å². The molecule has 16 heavy (non-hydrogen) atoms. The minimum absolute atomic E-state index is 0. The summed E-state index contributed by atoms with van der Waals surface area (Å²) in [6.07, 6.45) is 0. The third-order valence-corrected chi connectivity index (χ3v) is 2.86. The molecule has 0 aromatic heterocycles. The zero-order valence-electron chi connectivity index (χ0n) is 9.18. The lowest BCUT2D eigenvalue weighted by Gasteiger charge is -2.10. The quantitative estimate of drug-likeness (QED) is 0.565. The smallest absolute Gasteiger partial charge is 0.126 e. The summed E-state index contributed by atoms with van der Waals surface area (Å²) in [6, 6.07) is 16.3. The molecule has 0 saturated heterocycles. The van der Waals surface area contributed by atoms with Crippen molar-refractivity contribution in [2.24, 2.45) is 0 Å². The van der Waals surface area contributed by atoms with Crippen LogP contribution in [0.15, 0.2) is 48.5 Å². The van der Waals surface area contributed by atoms with Crippen molar-refractivity contribution in [3.05, 3.63) is 48.5 Å². The predicted octanol–water partition coefficient (Wildman–Crippen LogP) is 2.48. The molecule has 0 fully saturated rings. The third-order valence-electron chi connectivity index (χ3n) is 2.36. The molecular weight excluding hydrogens is 214 g/mol. The van der Waals surface area contributed by atoms with E-state index in [1.807, 2.05) is 30.3 Å². The van der Waals surface area contributed by atoms with Gasteiger partial charge < -0.3 is 4.74 Å². The standard InChI is InChI=1S/C13H13OP.B/c1-14-12-8-4-2-6-10(12)11-7-3-5-9-13(11)15;/h2-9H,15H2,1H3;. The highest BCUT2D eigenvalue weighted by atomic mass is 31.0. The highest BCUT2D eigenvalue weighted by Crippen LogP contribution is 2.28. The third kappa shape index (κ3) is 2.45. The van der Waals surface area contributed by atoms with E-state index in [0.29, 0.717) is 0 Å². The monoisotopic (exact) mass is 227 g/mol. The summed E-state index contributed by atoms with van der Waals surface area (Å²) >= 11 is 0. The maximum Gasteiger partial charge on any atom is 0.126 e. The zero-order valence-corrected chi connectivity index (χ0v) is 10.3. The van der Waals surface area contributed by atoms with Crippen LogP contribution in [0.2, 0.25) is 0 Å². The first-order chi connectivity index (χ1) is 7.33. The summed E-state index contributed by atoms with van der Waals surface area (Å²) in [5.74, 6) is 0.910. The van der Waals surface area contributed by atoms with E-state index in [4.69, 9.17) is 4.74 Å². The number of hydrogen-bond acceptors (Lipinski definition) is 1. The molecule has 0 spiro atoms. The van der Waals surface area contributed by atoms with Crippen LogP contribution in [0.4, 0.5) is 0 Å². The normalized spacial score (nSPS) is 9.38. The van der Waals surface area contributed by atoms with Gasteiger partial charge in [0.15, 0.2) is 0 Å². The number of hydrogen-bond donors (Lipinski definition) is 0. The van der Waals surface area contributed by atoms with Gasteiger partial charge in [-0.2, -0.15) is 0 Å². The molecule has 2 aromatic carbocycles. The molecule has 0 aliphatic heterocycles. The molecule has 0 N–H and O–H groups in total. The van der Waals surface area contributed by atoms with Crippen molar-refractivity contribution in [2.75, 3.05) is 7.11 Å². The Bertz CT molecular complexity index is 471. The van der Waals surface area contributed by atoms with Gasteiger partial charge in [0.25, 0.3) is 0 Å². The first-order valence-electron chi connectivity index (χ1n) is 4.81. The van der Waals surface area contributed by atoms with Crippen molar-refractivity contribution in [3.8, 4) is 16.9 Å². The van der Waals surface area contributed by atoms with Gasteiger partial charge in [-0.25, -0.2) is 0 Å². The molecule has 0 aliphatic rings. The second-order valence-electron chi connectivity index (χ2n) is 3.29. The molecule has 0 bridgehead atoms. The van der Waals surface area contributed by atoms with Gasteiger partial charge >= 0.3 is 0 Å². The largest absolute Gasteiger partial charge is 0.496 e. The average molecular weight is 227 g/mol. The van der Waals surface area contributed by atoms with E-state index in [0.717, 1.165) is 11.3 Å². The zero-order chi connectivity index (χ0) is 10.7. The Kier molecular flexibility index (Phi) is 4.58. The van der Waals surface area contributed by atoms with Crippen molar-refractivity contribution in [2.45, 2.75) is 0 Å². The first kappa shape index (κ1) is 12.8. The van der Waals surface area contributed by atoms with Crippen LogP contribution < -0.4 is 10.0 Å². The Hall–Kier alpha value is -1.27. The number of benzene rings is 2. The maximum atomic E-state index is 5.35. The average Bonchev–Trinajstić information content (AvgIpc) is 2.30. The van der Waals surface area contributed by atoms with E-state index in [9.17, 15) is 0 Å². The van der Waals surface area contributed by atoms with E-state index in [-0.39, 0.29) is 8.41 Å². The number of ether oxygens (including phenoxy) is 1. The fourth-order valence-electron chi connectivity index (χ4n) is 1.61. The Labute approximate surface area is 101 Å². The van der Waals surface area contributed by atoms with Gasteiger partial charge in [0.1, 0.15) is 5.75 Å². The minimum atomic E-state index is 0. The lowest BCUT2D eigenvalue weighted by atomic mass is 10.0. The fourth-order valence-corrected chi connectivity index (χ4v) is 1.97. The molecule has 1 unspecified atom stereocenters. The molecule has 0 heterocycles. The summed E-state index contributed by atoms with van der Waals surface area (Å²) in [5, 5.41) is 1.18. The van der Waals surface area contributed by atoms with Crippen LogP contribution in [0.25, 0.3) is 11.1 Å². The van der Waals surface area contributed by atoms with Crippen LogP contribution in [0.3, 0.4) is 0 Å². The summed E-state index contributed by atoms with van der Waals surface area (Å²) in [4.78, 5) is 0. The molecule has 79 valence electrons. The lowest BCUT2D eigenvalue weighted by molar-refractivity contribution is 0.416. The second kappa shape index (κ2) is 5.72. The van der Waals surface area contributed by atoms with Crippen LogP contribution in [-0.2, 0) is 0 Å². The minimum Gasteiger partial charge on any atom is -0.496 e. The van der Waals surface area contributed by atoms with Gasteiger partial charge in [0, 0.05) is 14.0 Å². The molecule has 0 saturated carbocycles. The van der Waals surface area contributed by atoms with E-state index < -0.39 is 0 Å².